The van der Waals surface area contributed by atoms with Crippen molar-refractivity contribution in [1.29, 1.82) is 5.41 Å². The largest absolute Gasteiger partial charge is 0.452 e. The number of rotatable bonds is 3. The number of amidine groups is 1. The van der Waals surface area contributed by atoms with Gasteiger partial charge in [-0.3, -0.25) is 5.41 Å². The van der Waals surface area contributed by atoms with Gasteiger partial charge >= 0.3 is 0 Å². The molecule has 0 saturated carbocycles. The van der Waals surface area contributed by atoms with E-state index in [1.54, 1.807) is 0 Å². The predicted octanol–water partition coefficient (Wildman–Crippen LogP) is -0.328. The van der Waals surface area contributed by atoms with Crippen molar-refractivity contribution in [3.8, 4) is 11.8 Å². The fraction of sp³-hybridized carbons (Fsp3) is 0.571. The average molecular weight is 156 g/mol. The van der Waals surface area contributed by atoms with Gasteiger partial charge in [-0.05, 0) is 6.42 Å². The van der Waals surface area contributed by atoms with Gasteiger partial charge in [0.2, 0.25) is 0 Å². The highest BCUT2D eigenvalue weighted by atomic mass is 16.5. The Hall–Kier alpha value is -1.21. The molecule has 0 rings (SSSR count). The molecule has 0 radical (unpaired) electrons. The van der Waals surface area contributed by atoms with E-state index in [1.165, 1.54) is 0 Å². The molecule has 0 spiro atoms. The molecular weight excluding hydrogens is 144 g/mol. The Morgan fingerprint density at radius 3 is 2.82 bits per heavy atom. The van der Waals surface area contributed by atoms with Gasteiger partial charge in [-0.15, -0.1) is 0 Å². The van der Waals surface area contributed by atoms with Crippen molar-refractivity contribution < 1.29 is 9.84 Å². The van der Waals surface area contributed by atoms with Crippen LogP contribution in [0.15, 0.2) is 0 Å². The zero-order valence-electron chi connectivity index (χ0n) is 6.26. The maximum atomic E-state index is 8.36. The summed E-state index contributed by atoms with van der Waals surface area (Å²) < 4.78 is 4.55. The highest BCUT2D eigenvalue weighted by molar-refractivity contribution is 5.67. The normalized spacial score (nSPS) is 8.09. The van der Waals surface area contributed by atoms with Gasteiger partial charge in [0.1, 0.15) is 0 Å². The fourth-order valence-corrected chi connectivity index (χ4v) is 0.421. The van der Waals surface area contributed by atoms with Crippen LogP contribution in [0.2, 0.25) is 0 Å². The summed E-state index contributed by atoms with van der Waals surface area (Å²) in [6.07, 6.45) is 1.32. The van der Waals surface area contributed by atoms with E-state index in [4.69, 9.17) is 16.2 Å². The predicted molar refractivity (Wildman–Crippen MR) is 42.0 cm³/mol. The highest BCUT2D eigenvalue weighted by Crippen LogP contribution is 1.82. The summed E-state index contributed by atoms with van der Waals surface area (Å²) in [7, 11) is 0. The molecule has 4 nitrogen and oxygen atoms in total. The minimum Gasteiger partial charge on any atom is -0.452 e. The number of aliphatic hydroxyl groups excluding tert-OH is 1. The summed E-state index contributed by atoms with van der Waals surface area (Å²) in [6, 6.07) is -0.318. The van der Waals surface area contributed by atoms with Gasteiger partial charge < -0.3 is 15.6 Å². The molecule has 62 valence electrons. The Morgan fingerprint density at radius 2 is 2.27 bits per heavy atom. The van der Waals surface area contributed by atoms with Gasteiger partial charge in [0, 0.05) is 13.0 Å². The molecule has 0 atom stereocenters. The molecule has 0 fully saturated rings. The summed E-state index contributed by atoms with van der Waals surface area (Å²) in [5.74, 6) is 5.40. The lowest BCUT2D eigenvalue weighted by atomic mass is 10.3. The van der Waals surface area contributed by atoms with Crippen LogP contribution in [-0.4, -0.2) is 24.3 Å². The lowest BCUT2D eigenvalue weighted by Crippen LogP contribution is -2.13. The van der Waals surface area contributed by atoms with Gasteiger partial charge in [0.25, 0.3) is 6.02 Å². The number of nitrogens with two attached hydrogens (primary N) is 1. The third-order valence-electron chi connectivity index (χ3n) is 0.885. The van der Waals surface area contributed by atoms with E-state index in [9.17, 15) is 0 Å². The summed E-state index contributed by atoms with van der Waals surface area (Å²) >= 11 is 0. The molecule has 0 amide bonds. The van der Waals surface area contributed by atoms with Crippen LogP contribution in [0.4, 0.5) is 0 Å². The number of hydrogen-bond donors (Lipinski definition) is 3. The molecular formula is C7H12N2O2. The van der Waals surface area contributed by atoms with Crippen LogP contribution in [0.5, 0.6) is 0 Å². The average Bonchev–Trinajstić information content (AvgIpc) is 1.96. The molecule has 4 N–H and O–H groups in total. The smallest absolute Gasteiger partial charge is 0.279 e. The van der Waals surface area contributed by atoms with Crippen LogP contribution >= 0.6 is 0 Å². The first-order valence-corrected chi connectivity index (χ1v) is 3.30. The molecule has 4 heteroatoms. The Kier molecular flexibility index (Phi) is 6.14. The molecule has 0 aromatic rings. The minimum absolute atomic E-state index is 0.154. The number of ether oxygens (including phenoxy) is 1. The maximum Gasteiger partial charge on any atom is 0.279 e. The van der Waals surface area contributed by atoms with Crippen LogP contribution in [0, 0.1) is 17.3 Å². The second kappa shape index (κ2) is 6.90. The number of aliphatic hydroxyl groups is 1. The quantitative estimate of drug-likeness (QED) is 0.226. The van der Waals surface area contributed by atoms with Crippen LogP contribution in [0.25, 0.3) is 0 Å². The molecule has 0 bridgehead atoms. The van der Waals surface area contributed by atoms with Crippen molar-refractivity contribution in [2.24, 2.45) is 5.73 Å². The van der Waals surface area contributed by atoms with E-state index in [0.717, 1.165) is 0 Å². The van der Waals surface area contributed by atoms with E-state index in [2.05, 4.69) is 16.6 Å². The highest BCUT2D eigenvalue weighted by Gasteiger charge is 1.82. The van der Waals surface area contributed by atoms with Crippen molar-refractivity contribution in [3.05, 3.63) is 0 Å². The van der Waals surface area contributed by atoms with Gasteiger partial charge in [-0.25, -0.2) is 0 Å². The van der Waals surface area contributed by atoms with Gasteiger partial charge in [-0.2, -0.15) is 0 Å². The van der Waals surface area contributed by atoms with Crippen molar-refractivity contribution >= 4 is 6.02 Å². The third kappa shape index (κ3) is 8.79. The first kappa shape index (κ1) is 9.79. The number of nitrogens with one attached hydrogen (secondary N) is 1. The molecule has 0 aromatic carbocycles. The zero-order valence-corrected chi connectivity index (χ0v) is 6.26. The van der Waals surface area contributed by atoms with Gasteiger partial charge in [0.15, 0.2) is 6.61 Å². The fourth-order valence-electron chi connectivity index (χ4n) is 0.421. The monoisotopic (exact) mass is 156 g/mol. The first-order chi connectivity index (χ1) is 5.27. The van der Waals surface area contributed by atoms with E-state index in [-0.39, 0.29) is 19.2 Å². The van der Waals surface area contributed by atoms with Crippen molar-refractivity contribution in [1.82, 2.24) is 0 Å². The Labute approximate surface area is 65.9 Å². The lowest BCUT2D eigenvalue weighted by Gasteiger charge is -1.93. The van der Waals surface area contributed by atoms with Crippen LogP contribution in [0.1, 0.15) is 12.8 Å². The second-order valence-corrected chi connectivity index (χ2v) is 1.83. The Bertz CT molecular complexity index is 169. The standard InChI is InChI=1S/C7H12N2O2/c8-7(9)11-6-4-2-1-3-5-10/h10H,1,3,5-6H2,(H3,8,9). The van der Waals surface area contributed by atoms with Gasteiger partial charge in [-0.1, -0.05) is 11.8 Å². The summed E-state index contributed by atoms with van der Waals surface area (Å²) in [5, 5.41) is 15.0. The molecule has 0 unspecified atom stereocenters. The molecule has 0 saturated heterocycles. The van der Waals surface area contributed by atoms with E-state index >= 15 is 0 Å². The van der Waals surface area contributed by atoms with Gasteiger partial charge in [0.05, 0.1) is 0 Å². The van der Waals surface area contributed by atoms with E-state index in [0.29, 0.717) is 12.8 Å². The minimum atomic E-state index is -0.318. The topological polar surface area (TPSA) is 79.3 Å². The van der Waals surface area contributed by atoms with E-state index < -0.39 is 0 Å². The molecule has 0 aliphatic carbocycles. The summed E-state index contributed by atoms with van der Waals surface area (Å²) in [6.45, 7) is 0.309. The molecule has 0 heterocycles. The number of unbranched alkanes of at least 4 members (excludes halogenated alkanes) is 1. The van der Waals surface area contributed by atoms with Crippen LogP contribution in [0.3, 0.4) is 0 Å². The van der Waals surface area contributed by atoms with Crippen LogP contribution in [-0.2, 0) is 4.74 Å². The molecule has 0 aromatic heterocycles. The maximum absolute atomic E-state index is 8.36. The SMILES string of the molecule is N=C(N)OCC#CCCCO. The molecule has 0 aliphatic heterocycles. The number of hydrogen-bond acceptors (Lipinski definition) is 3. The van der Waals surface area contributed by atoms with Crippen molar-refractivity contribution in [3.63, 3.8) is 0 Å². The second-order valence-electron chi connectivity index (χ2n) is 1.83. The van der Waals surface area contributed by atoms with Crippen molar-refractivity contribution in [2.45, 2.75) is 12.8 Å². The summed E-state index contributed by atoms with van der Waals surface area (Å²) in [4.78, 5) is 0. The zero-order chi connectivity index (χ0) is 8.53. The molecule has 0 aliphatic rings. The molecule has 11 heavy (non-hydrogen) atoms. The third-order valence-corrected chi connectivity index (χ3v) is 0.885. The first-order valence-electron chi connectivity index (χ1n) is 3.30. The Balaban J connectivity index is 3.19. The Morgan fingerprint density at radius 1 is 1.55 bits per heavy atom. The van der Waals surface area contributed by atoms with E-state index in [1.807, 2.05) is 0 Å². The van der Waals surface area contributed by atoms with Crippen LogP contribution < -0.4 is 5.73 Å². The lowest BCUT2D eigenvalue weighted by molar-refractivity contribution is 0.290. The summed E-state index contributed by atoms with van der Waals surface area (Å²) in [5.41, 5.74) is 4.89. The van der Waals surface area contributed by atoms with Crippen molar-refractivity contribution in [2.75, 3.05) is 13.2 Å².